The molecule has 0 unspecified atom stereocenters. The van der Waals surface area contributed by atoms with E-state index in [4.69, 9.17) is 26.6 Å². The monoisotopic (exact) mass is 612 g/mol. The number of hydrogen-bond acceptors (Lipinski definition) is 8. The van der Waals surface area contributed by atoms with Crippen LogP contribution < -0.4 is 10.6 Å². The Bertz CT molecular complexity index is 508. The van der Waals surface area contributed by atoms with Gasteiger partial charge in [0.15, 0.2) is 0 Å². The minimum atomic E-state index is -2.04. The second-order valence-electron chi connectivity index (χ2n) is 10.5. The molecule has 0 aliphatic rings. The van der Waals surface area contributed by atoms with Gasteiger partial charge in [0.25, 0.3) is 0 Å². The summed E-state index contributed by atoms with van der Waals surface area (Å²) in [6, 6.07) is 4.52. The molecule has 38 heavy (non-hydrogen) atoms. The Morgan fingerprint density at radius 1 is 0.553 bits per heavy atom. The lowest BCUT2D eigenvalue weighted by Crippen LogP contribution is -2.48. The molecule has 230 valence electrons. The van der Waals surface area contributed by atoms with E-state index in [0.29, 0.717) is 5.79 Å². The molecule has 0 aliphatic carbocycles. The molecule has 0 atom stereocenters. The summed E-state index contributed by atoms with van der Waals surface area (Å²) in [5, 5.41) is 7.69. The topological polar surface area (TPSA) is 79.4 Å². The SMILES string of the molecule is CCO[Si](C)(CCCNC(NCCC[Si](C)(OCC)OCC)[SiH2]CCCCCC[Si](C)(OC)OC)OCC. The van der Waals surface area contributed by atoms with Gasteiger partial charge in [-0.05, 0) is 91.4 Å². The van der Waals surface area contributed by atoms with Gasteiger partial charge < -0.3 is 37.2 Å². The van der Waals surface area contributed by atoms with Crippen molar-refractivity contribution in [2.75, 3.05) is 53.7 Å². The molecule has 12 heteroatoms. The number of nitrogens with one attached hydrogen (secondary N) is 2. The minimum Gasteiger partial charge on any atom is -0.398 e. The highest BCUT2D eigenvalue weighted by molar-refractivity contribution is 6.66. The highest BCUT2D eigenvalue weighted by Crippen LogP contribution is 2.18. The quantitative estimate of drug-likeness (QED) is 0.0724. The summed E-state index contributed by atoms with van der Waals surface area (Å²) in [5.74, 6) is 0.465. The van der Waals surface area contributed by atoms with Crippen molar-refractivity contribution in [1.82, 2.24) is 10.6 Å². The van der Waals surface area contributed by atoms with Crippen LogP contribution in [0.15, 0.2) is 0 Å². The van der Waals surface area contributed by atoms with Gasteiger partial charge in [0, 0.05) is 46.4 Å². The normalized spacial score (nSPS) is 13.4. The minimum absolute atomic E-state index is 0.273. The van der Waals surface area contributed by atoms with Crippen LogP contribution in [0.4, 0.5) is 0 Å². The zero-order valence-corrected chi connectivity index (χ0v) is 31.0. The van der Waals surface area contributed by atoms with Gasteiger partial charge in [-0.2, -0.15) is 0 Å². The van der Waals surface area contributed by atoms with Crippen LogP contribution in [0.5, 0.6) is 0 Å². The molecular weight excluding hydrogens is 549 g/mol. The Morgan fingerprint density at radius 3 is 1.34 bits per heavy atom. The fourth-order valence-electron chi connectivity index (χ4n) is 4.85. The van der Waals surface area contributed by atoms with Gasteiger partial charge in [0.05, 0.1) is 9.52 Å². The molecule has 0 heterocycles. The predicted molar refractivity (Wildman–Crippen MR) is 171 cm³/mol. The maximum Gasteiger partial charge on any atom is 0.334 e. The van der Waals surface area contributed by atoms with E-state index < -0.39 is 25.7 Å². The van der Waals surface area contributed by atoms with Crippen molar-refractivity contribution < 1.29 is 26.6 Å². The summed E-state index contributed by atoms with van der Waals surface area (Å²) in [6.07, 6.45) is 7.29. The van der Waals surface area contributed by atoms with E-state index in [-0.39, 0.29) is 9.52 Å². The summed E-state index contributed by atoms with van der Waals surface area (Å²) in [7, 11) is -2.69. The van der Waals surface area contributed by atoms with E-state index in [9.17, 15) is 0 Å². The fourth-order valence-corrected chi connectivity index (χ4v) is 13.0. The lowest BCUT2D eigenvalue weighted by molar-refractivity contribution is 0.188. The number of hydrogen-bond donors (Lipinski definition) is 2. The van der Waals surface area contributed by atoms with Crippen LogP contribution in [0, 0.1) is 0 Å². The fraction of sp³-hybridized carbons (Fsp3) is 1.00. The first-order valence-electron chi connectivity index (χ1n) is 15.3. The van der Waals surface area contributed by atoms with E-state index in [1.54, 1.807) is 14.2 Å². The Kier molecular flexibility index (Phi) is 23.5. The van der Waals surface area contributed by atoms with Crippen LogP contribution in [0.25, 0.3) is 0 Å². The summed E-state index contributed by atoms with van der Waals surface area (Å²) >= 11 is 0. The third-order valence-corrected chi connectivity index (χ3v) is 18.4. The largest absolute Gasteiger partial charge is 0.398 e. The molecule has 0 aliphatic heterocycles. The molecule has 0 aromatic rings. The van der Waals surface area contributed by atoms with E-state index in [1.165, 1.54) is 31.7 Å². The Balaban J connectivity index is 4.59. The molecule has 2 N–H and O–H groups in total. The molecule has 0 rings (SSSR count). The van der Waals surface area contributed by atoms with Gasteiger partial charge >= 0.3 is 25.7 Å². The van der Waals surface area contributed by atoms with Crippen LogP contribution >= 0.6 is 0 Å². The van der Waals surface area contributed by atoms with Gasteiger partial charge in [-0.1, -0.05) is 31.7 Å². The van der Waals surface area contributed by atoms with Gasteiger partial charge in [-0.15, -0.1) is 0 Å². The molecule has 8 nitrogen and oxygen atoms in total. The second kappa shape index (κ2) is 23.1. The van der Waals surface area contributed by atoms with Crippen LogP contribution in [0.2, 0.25) is 43.8 Å². The third-order valence-electron chi connectivity index (χ3n) is 7.18. The molecule has 0 bridgehead atoms. The molecule has 0 saturated heterocycles. The van der Waals surface area contributed by atoms with Crippen LogP contribution in [0.1, 0.15) is 66.2 Å². The maximum atomic E-state index is 6.02. The smallest absolute Gasteiger partial charge is 0.334 e. The number of unbranched alkanes of at least 4 members (excludes halogenated alkanes) is 3. The molecular formula is C26H64N2O6Si4. The average Bonchev–Trinajstić information content (AvgIpc) is 2.88. The van der Waals surface area contributed by atoms with E-state index in [0.717, 1.165) is 70.5 Å². The van der Waals surface area contributed by atoms with Crippen LogP contribution in [0.3, 0.4) is 0 Å². The van der Waals surface area contributed by atoms with Crippen molar-refractivity contribution >= 4 is 35.2 Å². The third kappa shape index (κ3) is 18.8. The van der Waals surface area contributed by atoms with E-state index >= 15 is 0 Å². The second-order valence-corrected chi connectivity index (χ2v) is 22.9. The first-order chi connectivity index (χ1) is 18.1. The summed E-state index contributed by atoms with van der Waals surface area (Å²) < 4.78 is 35.3. The standard InChI is InChI=1S/C26H64N2O6Si4/c1-10-31-37(8,32-11-2)24-18-20-27-26(28-21-19-25-38(9,33-12-3)34-13-4)35-22-16-14-15-17-23-36(7,29-5)30-6/h26-28H,10-25,35H2,1-9H3. The van der Waals surface area contributed by atoms with Crippen molar-refractivity contribution in [2.24, 2.45) is 0 Å². The van der Waals surface area contributed by atoms with Gasteiger partial charge in [-0.3, -0.25) is 0 Å². The molecule has 0 radical (unpaired) electrons. The van der Waals surface area contributed by atoms with Gasteiger partial charge in [0.2, 0.25) is 0 Å². The van der Waals surface area contributed by atoms with Gasteiger partial charge in [0.1, 0.15) is 0 Å². The number of rotatable bonds is 28. The van der Waals surface area contributed by atoms with E-state index in [1.807, 2.05) is 0 Å². The highest BCUT2D eigenvalue weighted by Gasteiger charge is 2.31. The predicted octanol–water partition coefficient (Wildman–Crippen LogP) is 5.03. The molecule has 0 spiro atoms. The zero-order chi connectivity index (χ0) is 28.8. The van der Waals surface area contributed by atoms with Crippen molar-refractivity contribution in [2.45, 2.75) is 116 Å². The van der Waals surface area contributed by atoms with Crippen LogP contribution in [-0.4, -0.2) is 94.7 Å². The molecule has 0 fully saturated rings. The Hall–Kier alpha value is 0.548. The Labute approximate surface area is 241 Å². The van der Waals surface area contributed by atoms with Crippen molar-refractivity contribution in [3.63, 3.8) is 0 Å². The maximum absolute atomic E-state index is 6.02. The summed E-state index contributed by atoms with van der Waals surface area (Å²) in [5.41, 5.74) is 0. The summed E-state index contributed by atoms with van der Waals surface area (Å²) in [4.78, 5) is 0. The lowest BCUT2D eigenvalue weighted by Gasteiger charge is -2.27. The van der Waals surface area contributed by atoms with E-state index in [2.05, 4.69) is 58.0 Å². The van der Waals surface area contributed by atoms with Crippen molar-refractivity contribution in [3.8, 4) is 0 Å². The van der Waals surface area contributed by atoms with Crippen molar-refractivity contribution in [1.29, 1.82) is 0 Å². The molecule has 0 saturated carbocycles. The zero-order valence-electron chi connectivity index (χ0n) is 26.5. The van der Waals surface area contributed by atoms with Crippen molar-refractivity contribution in [3.05, 3.63) is 0 Å². The van der Waals surface area contributed by atoms with Gasteiger partial charge in [-0.25, -0.2) is 0 Å². The average molecular weight is 613 g/mol. The first kappa shape index (κ1) is 38.5. The Morgan fingerprint density at radius 2 is 0.947 bits per heavy atom. The molecule has 0 aromatic heterocycles. The highest BCUT2D eigenvalue weighted by atomic mass is 28.4. The molecule has 0 amide bonds. The summed E-state index contributed by atoms with van der Waals surface area (Å²) in [6.45, 7) is 19.8. The van der Waals surface area contributed by atoms with Crippen LogP contribution in [-0.2, 0) is 26.6 Å². The molecule has 0 aromatic carbocycles. The lowest BCUT2D eigenvalue weighted by atomic mass is 10.2. The first-order valence-corrected chi connectivity index (χ1v) is 24.7.